The topological polar surface area (TPSA) is 55.1 Å². The maximum Gasteiger partial charge on any atom is 0.255 e. The lowest BCUT2D eigenvalue weighted by Gasteiger charge is -2.07. The fraction of sp³-hybridized carbons (Fsp3) is 0.0714. The fourth-order valence-corrected chi connectivity index (χ4v) is 1.97. The average molecular weight is 323 g/mol. The van der Waals surface area contributed by atoms with Crippen molar-refractivity contribution >= 4 is 33.2 Å². The van der Waals surface area contributed by atoms with E-state index in [1.165, 1.54) is 18.2 Å². The molecule has 0 heterocycles. The Bertz CT molecular complexity index is 643. The van der Waals surface area contributed by atoms with Crippen molar-refractivity contribution in [2.45, 2.75) is 6.92 Å². The molecule has 1 amide bonds. The van der Waals surface area contributed by atoms with E-state index in [0.717, 1.165) is 0 Å². The zero-order chi connectivity index (χ0) is 14.0. The Morgan fingerprint density at radius 1 is 1.26 bits per heavy atom. The molecule has 19 heavy (non-hydrogen) atoms. The van der Waals surface area contributed by atoms with Gasteiger partial charge in [-0.3, -0.25) is 4.79 Å². The number of halogens is 2. The third-order valence-electron chi connectivity index (χ3n) is 2.68. The number of carbonyl (C=O) groups is 1. The lowest BCUT2D eigenvalue weighted by molar-refractivity contribution is 0.102. The van der Waals surface area contributed by atoms with Crippen molar-refractivity contribution in [2.24, 2.45) is 0 Å². The van der Waals surface area contributed by atoms with Crippen LogP contribution in [0.1, 0.15) is 15.9 Å². The second kappa shape index (κ2) is 5.40. The molecule has 0 aliphatic heterocycles. The Morgan fingerprint density at radius 2 is 2.00 bits per heavy atom. The first-order valence-electron chi connectivity index (χ1n) is 5.60. The van der Waals surface area contributed by atoms with Crippen LogP contribution >= 0.6 is 15.9 Å². The van der Waals surface area contributed by atoms with Gasteiger partial charge in [-0.2, -0.15) is 0 Å². The Kier molecular flexibility index (Phi) is 3.85. The van der Waals surface area contributed by atoms with Gasteiger partial charge in [0.15, 0.2) is 0 Å². The molecule has 3 N–H and O–H groups in total. The van der Waals surface area contributed by atoms with Gasteiger partial charge in [0.1, 0.15) is 5.82 Å². The van der Waals surface area contributed by atoms with Crippen LogP contribution in [-0.2, 0) is 0 Å². The summed E-state index contributed by atoms with van der Waals surface area (Å²) in [4.78, 5) is 12.0. The summed E-state index contributed by atoms with van der Waals surface area (Å²) >= 11 is 3.29. The van der Waals surface area contributed by atoms with Gasteiger partial charge in [0.2, 0.25) is 0 Å². The van der Waals surface area contributed by atoms with Crippen LogP contribution < -0.4 is 11.1 Å². The van der Waals surface area contributed by atoms with E-state index in [-0.39, 0.29) is 11.7 Å². The SMILES string of the molecule is Cc1cc(C(=O)Nc2ccc(N)c(Br)c2)ccc1F. The molecule has 98 valence electrons. The molecule has 2 aromatic rings. The third kappa shape index (κ3) is 3.12. The summed E-state index contributed by atoms with van der Waals surface area (Å²) in [5.41, 5.74) is 7.72. The van der Waals surface area contributed by atoms with Gasteiger partial charge >= 0.3 is 0 Å². The maximum atomic E-state index is 13.1. The van der Waals surface area contributed by atoms with E-state index in [9.17, 15) is 9.18 Å². The zero-order valence-corrected chi connectivity index (χ0v) is 11.8. The molecule has 0 aliphatic rings. The number of aryl methyl sites for hydroxylation is 1. The van der Waals surface area contributed by atoms with Gasteiger partial charge in [-0.15, -0.1) is 0 Å². The van der Waals surface area contributed by atoms with E-state index in [4.69, 9.17) is 5.73 Å². The molecule has 0 bridgehead atoms. The number of nitrogens with two attached hydrogens (primary N) is 1. The highest BCUT2D eigenvalue weighted by molar-refractivity contribution is 9.10. The van der Waals surface area contributed by atoms with Gasteiger partial charge in [0.25, 0.3) is 5.91 Å². The fourth-order valence-electron chi connectivity index (χ4n) is 1.59. The molecule has 0 saturated heterocycles. The minimum atomic E-state index is -0.327. The first-order valence-corrected chi connectivity index (χ1v) is 6.39. The molecule has 0 radical (unpaired) electrons. The minimum Gasteiger partial charge on any atom is -0.398 e. The van der Waals surface area contributed by atoms with Crippen molar-refractivity contribution in [1.29, 1.82) is 0 Å². The molecule has 0 spiro atoms. The average Bonchev–Trinajstić information content (AvgIpc) is 2.37. The highest BCUT2D eigenvalue weighted by Gasteiger charge is 2.08. The van der Waals surface area contributed by atoms with Crippen LogP contribution in [0, 0.1) is 12.7 Å². The number of nitrogens with one attached hydrogen (secondary N) is 1. The van der Waals surface area contributed by atoms with Crippen LogP contribution in [-0.4, -0.2) is 5.91 Å². The summed E-state index contributed by atoms with van der Waals surface area (Å²) in [6, 6.07) is 9.35. The monoisotopic (exact) mass is 322 g/mol. The van der Waals surface area contributed by atoms with Crippen molar-refractivity contribution in [3.05, 3.63) is 57.8 Å². The van der Waals surface area contributed by atoms with Crippen LogP contribution in [0.2, 0.25) is 0 Å². The molecule has 5 heteroatoms. The smallest absolute Gasteiger partial charge is 0.255 e. The van der Waals surface area contributed by atoms with Crippen molar-refractivity contribution in [1.82, 2.24) is 0 Å². The van der Waals surface area contributed by atoms with E-state index < -0.39 is 0 Å². The van der Waals surface area contributed by atoms with E-state index >= 15 is 0 Å². The number of nitrogen functional groups attached to an aromatic ring is 1. The molecular weight excluding hydrogens is 311 g/mol. The normalized spacial score (nSPS) is 10.3. The molecule has 3 nitrogen and oxygen atoms in total. The highest BCUT2D eigenvalue weighted by atomic mass is 79.9. The van der Waals surface area contributed by atoms with Gasteiger partial charge in [-0.25, -0.2) is 4.39 Å². The Morgan fingerprint density at radius 3 is 2.63 bits per heavy atom. The predicted molar refractivity (Wildman–Crippen MR) is 77.6 cm³/mol. The Labute approximate surface area is 118 Å². The van der Waals surface area contributed by atoms with Crippen molar-refractivity contribution in [2.75, 3.05) is 11.1 Å². The number of rotatable bonds is 2. The van der Waals surface area contributed by atoms with Crippen LogP contribution in [0.25, 0.3) is 0 Å². The van der Waals surface area contributed by atoms with Crippen molar-refractivity contribution < 1.29 is 9.18 Å². The van der Waals surface area contributed by atoms with Crippen LogP contribution in [0.4, 0.5) is 15.8 Å². The van der Waals surface area contributed by atoms with Gasteiger partial charge < -0.3 is 11.1 Å². The summed E-state index contributed by atoms with van der Waals surface area (Å²) < 4.78 is 13.8. The molecule has 2 rings (SSSR count). The lowest BCUT2D eigenvalue weighted by Crippen LogP contribution is -2.12. The Balaban J connectivity index is 2.20. The summed E-state index contributed by atoms with van der Waals surface area (Å²) in [7, 11) is 0. The number of hydrogen-bond donors (Lipinski definition) is 2. The third-order valence-corrected chi connectivity index (χ3v) is 3.37. The lowest BCUT2D eigenvalue weighted by atomic mass is 10.1. The van der Waals surface area contributed by atoms with E-state index in [1.54, 1.807) is 25.1 Å². The first kappa shape index (κ1) is 13.5. The van der Waals surface area contributed by atoms with Crippen molar-refractivity contribution in [3.63, 3.8) is 0 Å². The molecule has 2 aromatic carbocycles. The standard InChI is InChI=1S/C14H12BrFN2O/c1-8-6-9(2-4-12(8)16)14(19)18-10-3-5-13(17)11(15)7-10/h2-7H,17H2,1H3,(H,18,19). The summed E-state index contributed by atoms with van der Waals surface area (Å²) in [5.74, 6) is -0.619. The molecular formula is C14H12BrFN2O. The largest absolute Gasteiger partial charge is 0.398 e. The molecule has 0 atom stereocenters. The number of anilines is 2. The van der Waals surface area contributed by atoms with E-state index in [1.807, 2.05) is 0 Å². The highest BCUT2D eigenvalue weighted by Crippen LogP contribution is 2.23. The second-order valence-electron chi connectivity index (χ2n) is 4.15. The molecule has 0 aromatic heterocycles. The second-order valence-corrected chi connectivity index (χ2v) is 5.01. The van der Waals surface area contributed by atoms with Gasteiger partial charge in [-0.05, 0) is 64.8 Å². The molecule has 0 saturated carbocycles. The van der Waals surface area contributed by atoms with Gasteiger partial charge in [0.05, 0.1) is 0 Å². The molecule has 0 aliphatic carbocycles. The predicted octanol–water partition coefficient (Wildman–Crippen LogP) is 3.73. The number of hydrogen-bond acceptors (Lipinski definition) is 2. The van der Waals surface area contributed by atoms with Crippen LogP contribution in [0.15, 0.2) is 40.9 Å². The molecule has 0 fully saturated rings. The zero-order valence-electron chi connectivity index (χ0n) is 10.2. The number of benzene rings is 2. The Hall–Kier alpha value is -1.88. The summed E-state index contributed by atoms with van der Waals surface area (Å²) in [6.45, 7) is 1.62. The van der Waals surface area contributed by atoms with Gasteiger partial charge in [-0.1, -0.05) is 0 Å². The van der Waals surface area contributed by atoms with E-state index in [2.05, 4.69) is 21.2 Å². The quantitative estimate of drug-likeness (QED) is 0.828. The molecule has 0 unspecified atom stereocenters. The van der Waals surface area contributed by atoms with E-state index in [0.29, 0.717) is 27.0 Å². The number of carbonyl (C=O) groups excluding carboxylic acids is 1. The maximum absolute atomic E-state index is 13.1. The van der Waals surface area contributed by atoms with Crippen LogP contribution in [0.5, 0.6) is 0 Å². The number of amides is 1. The minimum absolute atomic E-state index is 0.292. The van der Waals surface area contributed by atoms with Crippen molar-refractivity contribution in [3.8, 4) is 0 Å². The summed E-state index contributed by atoms with van der Waals surface area (Å²) in [6.07, 6.45) is 0. The van der Waals surface area contributed by atoms with Crippen LogP contribution in [0.3, 0.4) is 0 Å². The summed E-state index contributed by atoms with van der Waals surface area (Å²) in [5, 5.41) is 2.73. The van der Waals surface area contributed by atoms with Gasteiger partial charge in [0, 0.05) is 21.4 Å². The first-order chi connectivity index (χ1) is 8.97.